The summed E-state index contributed by atoms with van der Waals surface area (Å²) in [4.78, 5) is 17.5. The largest absolute Gasteiger partial charge is 0.383 e. The maximum absolute atomic E-state index is 5.23. The number of nitrogens with one attached hydrogen (secondary N) is 1. The molecule has 0 spiro atoms. The molecule has 0 aliphatic carbocycles. The average molecular weight is 296 g/mol. The number of ether oxygens (including phenoxy) is 1. The summed E-state index contributed by atoms with van der Waals surface area (Å²) in [7, 11) is 7.38. The SMILES string of the molecule is CCC(CC)N(CCOC)c1nc(NC)nc(N(C)C)n1. The summed E-state index contributed by atoms with van der Waals surface area (Å²) in [6, 6.07) is 0.391. The van der Waals surface area contributed by atoms with Gasteiger partial charge in [-0.1, -0.05) is 13.8 Å². The zero-order valence-electron chi connectivity index (χ0n) is 14.1. The fourth-order valence-corrected chi connectivity index (χ4v) is 2.16. The summed E-state index contributed by atoms with van der Waals surface area (Å²) in [5.41, 5.74) is 0. The van der Waals surface area contributed by atoms with Gasteiger partial charge in [0.05, 0.1) is 6.61 Å². The van der Waals surface area contributed by atoms with E-state index in [0.29, 0.717) is 30.5 Å². The smallest absolute Gasteiger partial charge is 0.232 e. The molecule has 1 aromatic heterocycles. The molecule has 0 atom stereocenters. The number of hydrogen-bond donors (Lipinski definition) is 1. The highest BCUT2D eigenvalue weighted by molar-refractivity contribution is 5.45. The van der Waals surface area contributed by atoms with Crippen molar-refractivity contribution in [3.63, 3.8) is 0 Å². The number of aromatic nitrogens is 3. The van der Waals surface area contributed by atoms with E-state index < -0.39 is 0 Å². The van der Waals surface area contributed by atoms with Crippen LogP contribution in [0, 0.1) is 0 Å². The van der Waals surface area contributed by atoms with Gasteiger partial charge in [-0.3, -0.25) is 0 Å². The zero-order valence-corrected chi connectivity index (χ0v) is 14.1. The number of rotatable bonds is 9. The number of methoxy groups -OCH3 is 1. The second kappa shape index (κ2) is 8.61. The third-order valence-electron chi connectivity index (χ3n) is 3.41. The maximum Gasteiger partial charge on any atom is 0.232 e. The van der Waals surface area contributed by atoms with Crippen molar-refractivity contribution >= 4 is 17.8 Å². The van der Waals surface area contributed by atoms with Crippen LogP contribution in [0.5, 0.6) is 0 Å². The van der Waals surface area contributed by atoms with Crippen molar-refractivity contribution in [1.82, 2.24) is 15.0 Å². The minimum absolute atomic E-state index is 0.391. The van der Waals surface area contributed by atoms with Crippen LogP contribution in [-0.2, 0) is 4.74 Å². The van der Waals surface area contributed by atoms with Crippen molar-refractivity contribution in [2.75, 3.05) is 56.5 Å². The molecule has 0 aromatic carbocycles. The second-order valence-electron chi connectivity index (χ2n) is 5.06. The third kappa shape index (κ3) is 4.70. The molecular weight excluding hydrogens is 268 g/mol. The molecule has 1 N–H and O–H groups in total. The highest BCUT2D eigenvalue weighted by Gasteiger charge is 2.20. The first-order valence-electron chi connectivity index (χ1n) is 7.44. The Hall–Kier alpha value is -1.63. The van der Waals surface area contributed by atoms with E-state index in [1.165, 1.54) is 0 Å². The predicted octanol–water partition coefficient (Wildman–Crippen LogP) is 1.62. The normalized spacial score (nSPS) is 10.8. The molecule has 7 nitrogen and oxygen atoms in total. The molecule has 0 saturated carbocycles. The van der Waals surface area contributed by atoms with E-state index in [-0.39, 0.29) is 0 Å². The molecule has 0 unspecified atom stereocenters. The Morgan fingerprint density at radius 1 is 1.10 bits per heavy atom. The van der Waals surface area contributed by atoms with Crippen molar-refractivity contribution in [1.29, 1.82) is 0 Å². The molecule has 0 saturated heterocycles. The van der Waals surface area contributed by atoms with Crippen LogP contribution in [-0.4, -0.2) is 62.4 Å². The molecule has 0 aliphatic rings. The summed E-state index contributed by atoms with van der Waals surface area (Å²) >= 11 is 0. The van der Waals surface area contributed by atoms with Gasteiger partial charge in [-0.25, -0.2) is 0 Å². The molecule has 0 aliphatic heterocycles. The molecule has 7 heteroatoms. The van der Waals surface area contributed by atoms with Gasteiger partial charge in [0.1, 0.15) is 0 Å². The molecule has 1 aromatic rings. The first-order valence-corrected chi connectivity index (χ1v) is 7.44. The summed E-state index contributed by atoms with van der Waals surface area (Å²) in [6.45, 7) is 5.78. The molecule has 0 fully saturated rings. The molecular formula is C14H28N6O. The van der Waals surface area contributed by atoms with Gasteiger partial charge in [0.25, 0.3) is 0 Å². The fraction of sp³-hybridized carbons (Fsp3) is 0.786. The van der Waals surface area contributed by atoms with Crippen LogP contribution in [0.2, 0.25) is 0 Å². The molecule has 0 radical (unpaired) electrons. The van der Waals surface area contributed by atoms with Crippen LogP contribution in [0.3, 0.4) is 0 Å². The Labute approximate surface area is 127 Å². The standard InChI is InChI=1S/C14H28N6O/c1-7-11(8-2)20(9-10-21-6)14-17-12(15-3)16-13(18-14)19(4)5/h11H,7-10H2,1-6H3,(H,15,16,17,18). The van der Waals surface area contributed by atoms with Crippen LogP contribution in [0.1, 0.15) is 26.7 Å². The van der Waals surface area contributed by atoms with Crippen molar-refractivity contribution in [2.24, 2.45) is 0 Å². The molecule has 0 bridgehead atoms. The number of nitrogens with zero attached hydrogens (tertiary/aromatic N) is 5. The Balaban J connectivity index is 3.18. The summed E-state index contributed by atoms with van der Waals surface area (Å²) in [5, 5.41) is 3.00. The lowest BCUT2D eigenvalue weighted by atomic mass is 10.1. The first kappa shape index (κ1) is 17.4. The minimum Gasteiger partial charge on any atom is -0.383 e. The Bertz CT molecular complexity index is 422. The van der Waals surface area contributed by atoms with Gasteiger partial charge < -0.3 is 19.9 Å². The van der Waals surface area contributed by atoms with Crippen molar-refractivity contribution in [3.8, 4) is 0 Å². The van der Waals surface area contributed by atoms with Gasteiger partial charge in [0, 0.05) is 40.8 Å². The van der Waals surface area contributed by atoms with E-state index >= 15 is 0 Å². The minimum atomic E-state index is 0.391. The zero-order chi connectivity index (χ0) is 15.8. The van der Waals surface area contributed by atoms with Gasteiger partial charge >= 0.3 is 0 Å². The summed E-state index contributed by atoms with van der Waals surface area (Å²) < 4.78 is 5.23. The molecule has 1 heterocycles. The van der Waals surface area contributed by atoms with Gasteiger partial charge in [-0.15, -0.1) is 0 Å². The average Bonchev–Trinajstić information content (AvgIpc) is 2.50. The van der Waals surface area contributed by atoms with Crippen LogP contribution in [0.15, 0.2) is 0 Å². The van der Waals surface area contributed by atoms with Crippen LogP contribution < -0.4 is 15.1 Å². The lowest BCUT2D eigenvalue weighted by Crippen LogP contribution is -2.38. The quantitative estimate of drug-likeness (QED) is 0.742. The van der Waals surface area contributed by atoms with Gasteiger partial charge in [-0.2, -0.15) is 15.0 Å². The molecule has 1 rings (SSSR count). The van der Waals surface area contributed by atoms with Crippen molar-refractivity contribution in [2.45, 2.75) is 32.7 Å². The Morgan fingerprint density at radius 3 is 2.19 bits per heavy atom. The third-order valence-corrected chi connectivity index (χ3v) is 3.41. The lowest BCUT2D eigenvalue weighted by Gasteiger charge is -2.31. The van der Waals surface area contributed by atoms with Gasteiger partial charge in [0.2, 0.25) is 17.8 Å². The number of anilines is 3. The predicted molar refractivity (Wildman–Crippen MR) is 87.3 cm³/mol. The fourth-order valence-electron chi connectivity index (χ4n) is 2.16. The Kier molecular flexibility index (Phi) is 7.14. The maximum atomic E-state index is 5.23. The summed E-state index contributed by atoms with van der Waals surface area (Å²) in [5.74, 6) is 1.93. The van der Waals surface area contributed by atoms with E-state index in [4.69, 9.17) is 4.74 Å². The highest BCUT2D eigenvalue weighted by Crippen LogP contribution is 2.19. The monoisotopic (exact) mass is 296 g/mol. The van der Waals surface area contributed by atoms with Gasteiger partial charge in [0.15, 0.2) is 0 Å². The molecule has 0 amide bonds. The van der Waals surface area contributed by atoms with E-state index in [2.05, 4.69) is 39.0 Å². The Morgan fingerprint density at radius 2 is 1.71 bits per heavy atom. The molecule has 120 valence electrons. The first-order chi connectivity index (χ1) is 10.1. The van der Waals surface area contributed by atoms with Crippen LogP contribution >= 0.6 is 0 Å². The van der Waals surface area contributed by atoms with Crippen molar-refractivity contribution < 1.29 is 4.74 Å². The topological polar surface area (TPSA) is 66.4 Å². The summed E-state index contributed by atoms with van der Waals surface area (Å²) in [6.07, 6.45) is 2.08. The van der Waals surface area contributed by atoms with E-state index in [1.54, 1.807) is 7.11 Å². The highest BCUT2D eigenvalue weighted by atomic mass is 16.5. The second-order valence-corrected chi connectivity index (χ2v) is 5.06. The van der Waals surface area contributed by atoms with E-state index in [9.17, 15) is 0 Å². The van der Waals surface area contributed by atoms with Crippen molar-refractivity contribution in [3.05, 3.63) is 0 Å². The van der Waals surface area contributed by atoms with E-state index in [0.717, 1.165) is 19.4 Å². The number of hydrogen-bond acceptors (Lipinski definition) is 7. The van der Waals surface area contributed by atoms with Gasteiger partial charge in [-0.05, 0) is 12.8 Å². The lowest BCUT2D eigenvalue weighted by molar-refractivity contribution is 0.202. The van der Waals surface area contributed by atoms with E-state index in [1.807, 2.05) is 26.0 Å². The molecule has 21 heavy (non-hydrogen) atoms. The van der Waals surface area contributed by atoms with Crippen LogP contribution in [0.25, 0.3) is 0 Å². The van der Waals surface area contributed by atoms with Crippen LogP contribution in [0.4, 0.5) is 17.8 Å².